The molecule has 0 bridgehead atoms. The lowest BCUT2D eigenvalue weighted by atomic mass is 10.3. The Bertz CT molecular complexity index is 656. The standard InChI is InChI=1S/C12H13N3O3S2/c1-6-3-8-10(13-5-14-11(8)20-6)19-4-9(12(17)18)15-7(2)16/h3,5,9H,4H2,1-2H3,(H,15,16)(H,17,18). The van der Waals surface area contributed by atoms with E-state index < -0.39 is 12.0 Å². The SMILES string of the molecule is CC(=O)NC(CSc1ncnc2sc(C)cc12)C(=O)O. The van der Waals surface area contributed by atoms with Gasteiger partial charge in [-0.3, -0.25) is 4.79 Å². The molecule has 0 saturated heterocycles. The van der Waals surface area contributed by atoms with Crippen molar-refractivity contribution in [2.24, 2.45) is 0 Å². The fourth-order valence-corrected chi connectivity index (χ4v) is 3.55. The second-order valence-corrected chi connectivity index (χ2v) is 6.40. The molecule has 0 radical (unpaired) electrons. The molecular formula is C12H13N3O3S2. The van der Waals surface area contributed by atoms with Crippen LogP contribution in [-0.4, -0.2) is 38.7 Å². The van der Waals surface area contributed by atoms with Gasteiger partial charge in [-0.15, -0.1) is 23.1 Å². The van der Waals surface area contributed by atoms with Crippen LogP contribution in [0.1, 0.15) is 11.8 Å². The second kappa shape index (κ2) is 6.19. The number of carboxylic acids is 1. The van der Waals surface area contributed by atoms with E-state index in [9.17, 15) is 9.59 Å². The van der Waals surface area contributed by atoms with Crippen LogP contribution < -0.4 is 5.32 Å². The molecule has 1 unspecified atom stereocenters. The Balaban J connectivity index is 2.15. The van der Waals surface area contributed by atoms with Crippen molar-refractivity contribution in [2.45, 2.75) is 24.9 Å². The molecule has 0 fully saturated rings. The summed E-state index contributed by atoms with van der Waals surface area (Å²) in [5.41, 5.74) is 0. The summed E-state index contributed by atoms with van der Waals surface area (Å²) in [7, 11) is 0. The van der Waals surface area contributed by atoms with Crippen molar-refractivity contribution in [1.82, 2.24) is 15.3 Å². The average molecular weight is 311 g/mol. The third-order valence-corrected chi connectivity index (χ3v) is 4.54. The van der Waals surface area contributed by atoms with Crippen molar-refractivity contribution in [1.29, 1.82) is 0 Å². The zero-order valence-electron chi connectivity index (χ0n) is 10.9. The van der Waals surface area contributed by atoms with Crippen molar-refractivity contribution < 1.29 is 14.7 Å². The van der Waals surface area contributed by atoms with E-state index in [4.69, 9.17) is 5.11 Å². The average Bonchev–Trinajstić information content (AvgIpc) is 2.74. The van der Waals surface area contributed by atoms with Crippen LogP contribution in [0.5, 0.6) is 0 Å². The smallest absolute Gasteiger partial charge is 0.327 e. The summed E-state index contributed by atoms with van der Waals surface area (Å²) in [5, 5.41) is 13.1. The van der Waals surface area contributed by atoms with Crippen molar-refractivity contribution in [3.05, 3.63) is 17.3 Å². The lowest BCUT2D eigenvalue weighted by Gasteiger charge is -2.12. The van der Waals surface area contributed by atoms with Crippen LogP contribution in [0.3, 0.4) is 0 Å². The number of nitrogens with zero attached hydrogens (tertiary/aromatic N) is 2. The quantitative estimate of drug-likeness (QED) is 0.645. The lowest BCUT2D eigenvalue weighted by molar-refractivity contribution is -0.140. The third kappa shape index (κ3) is 3.45. The highest BCUT2D eigenvalue weighted by atomic mass is 32.2. The van der Waals surface area contributed by atoms with Gasteiger partial charge >= 0.3 is 5.97 Å². The molecule has 106 valence electrons. The van der Waals surface area contributed by atoms with Crippen LogP contribution in [0, 0.1) is 6.92 Å². The number of rotatable bonds is 5. The molecule has 0 aliphatic rings. The summed E-state index contributed by atoms with van der Waals surface area (Å²) in [6.45, 7) is 3.28. The molecule has 0 saturated carbocycles. The Hall–Kier alpha value is -1.67. The van der Waals surface area contributed by atoms with E-state index in [2.05, 4.69) is 15.3 Å². The fraction of sp³-hybridized carbons (Fsp3) is 0.333. The van der Waals surface area contributed by atoms with Gasteiger partial charge in [0.2, 0.25) is 5.91 Å². The van der Waals surface area contributed by atoms with E-state index in [0.717, 1.165) is 20.1 Å². The number of aryl methyl sites for hydroxylation is 1. The maximum atomic E-state index is 11.1. The number of carboxylic acid groups (broad SMARTS) is 1. The minimum Gasteiger partial charge on any atom is -0.480 e. The van der Waals surface area contributed by atoms with Crippen LogP contribution in [-0.2, 0) is 9.59 Å². The van der Waals surface area contributed by atoms with Gasteiger partial charge in [0.1, 0.15) is 22.2 Å². The van der Waals surface area contributed by atoms with Gasteiger partial charge in [0.05, 0.1) is 0 Å². The predicted molar refractivity (Wildman–Crippen MR) is 78.1 cm³/mol. The van der Waals surface area contributed by atoms with Gasteiger partial charge in [-0.25, -0.2) is 14.8 Å². The number of fused-ring (bicyclic) bond motifs is 1. The number of carbonyl (C=O) groups is 2. The third-order valence-electron chi connectivity index (χ3n) is 2.48. The zero-order valence-corrected chi connectivity index (χ0v) is 12.5. The molecule has 2 aromatic rings. The van der Waals surface area contributed by atoms with Gasteiger partial charge in [-0.05, 0) is 13.0 Å². The van der Waals surface area contributed by atoms with Gasteiger partial charge < -0.3 is 10.4 Å². The highest BCUT2D eigenvalue weighted by Gasteiger charge is 2.19. The molecule has 0 aromatic carbocycles. The number of hydrogen-bond acceptors (Lipinski definition) is 6. The normalized spacial score (nSPS) is 12.3. The lowest BCUT2D eigenvalue weighted by Crippen LogP contribution is -2.41. The van der Waals surface area contributed by atoms with Gasteiger partial charge in [-0.2, -0.15) is 0 Å². The van der Waals surface area contributed by atoms with E-state index in [1.54, 1.807) is 11.3 Å². The summed E-state index contributed by atoms with van der Waals surface area (Å²) < 4.78 is 0. The highest BCUT2D eigenvalue weighted by Crippen LogP contribution is 2.30. The van der Waals surface area contributed by atoms with Crippen molar-refractivity contribution >= 4 is 45.2 Å². The van der Waals surface area contributed by atoms with Crippen molar-refractivity contribution in [2.75, 3.05) is 5.75 Å². The Kier molecular flexibility index (Phi) is 4.56. The topological polar surface area (TPSA) is 92.2 Å². The zero-order chi connectivity index (χ0) is 14.7. The summed E-state index contributed by atoms with van der Waals surface area (Å²) in [5.74, 6) is -1.20. The Labute approximate surface area is 123 Å². The Morgan fingerprint density at radius 2 is 2.25 bits per heavy atom. The van der Waals surface area contributed by atoms with E-state index in [1.165, 1.54) is 25.0 Å². The molecule has 2 rings (SSSR count). The summed E-state index contributed by atoms with van der Waals surface area (Å²) in [6.07, 6.45) is 1.47. The number of carbonyl (C=O) groups excluding carboxylic acids is 1. The van der Waals surface area contributed by atoms with Gasteiger partial charge in [0, 0.05) is 22.9 Å². The Morgan fingerprint density at radius 3 is 2.90 bits per heavy atom. The maximum absolute atomic E-state index is 11.1. The van der Waals surface area contributed by atoms with Crippen LogP contribution in [0.4, 0.5) is 0 Å². The first-order valence-corrected chi connectivity index (χ1v) is 7.61. The highest BCUT2D eigenvalue weighted by molar-refractivity contribution is 7.99. The minimum atomic E-state index is -1.06. The monoisotopic (exact) mass is 311 g/mol. The first kappa shape index (κ1) is 14.7. The van der Waals surface area contributed by atoms with Crippen LogP contribution in [0.2, 0.25) is 0 Å². The maximum Gasteiger partial charge on any atom is 0.327 e. The molecule has 2 heterocycles. The minimum absolute atomic E-state index is 0.218. The van der Waals surface area contributed by atoms with Gasteiger partial charge in [-0.1, -0.05) is 0 Å². The summed E-state index contributed by atoms with van der Waals surface area (Å²) in [6, 6.07) is 1.05. The Morgan fingerprint density at radius 1 is 1.50 bits per heavy atom. The van der Waals surface area contributed by atoms with Gasteiger partial charge in [0.15, 0.2) is 0 Å². The number of thiophene rings is 1. The first-order chi connectivity index (χ1) is 9.47. The summed E-state index contributed by atoms with van der Waals surface area (Å²) in [4.78, 5) is 32.4. The molecule has 20 heavy (non-hydrogen) atoms. The molecular weight excluding hydrogens is 298 g/mol. The molecule has 2 aromatic heterocycles. The van der Waals surface area contributed by atoms with Crippen LogP contribution in [0.25, 0.3) is 10.2 Å². The predicted octanol–water partition coefficient (Wildman–Crippen LogP) is 1.68. The molecule has 6 nitrogen and oxygen atoms in total. The molecule has 2 N–H and O–H groups in total. The molecule has 1 atom stereocenters. The molecule has 0 spiro atoms. The fourth-order valence-electron chi connectivity index (χ4n) is 1.65. The van der Waals surface area contributed by atoms with E-state index >= 15 is 0 Å². The van der Waals surface area contributed by atoms with Gasteiger partial charge in [0.25, 0.3) is 0 Å². The van der Waals surface area contributed by atoms with Crippen LogP contribution in [0.15, 0.2) is 17.4 Å². The number of thioether (sulfide) groups is 1. The first-order valence-electron chi connectivity index (χ1n) is 5.81. The number of amides is 1. The number of nitrogens with one attached hydrogen (secondary N) is 1. The molecule has 8 heteroatoms. The molecule has 1 amide bonds. The number of aliphatic carboxylic acids is 1. The van der Waals surface area contributed by atoms with Crippen molar-refractivity contribution in [3.63, 3.8) is 0 Å². The number of aromatic nitrogens is 2. The van der Waals surface area contributed by atoms with E-state index in [-0.39, 0.29) is 11.7 Å². The number of hydrogen-bond donors (Lipinski definition) is 2. The van der Waals surface area contributed by atoms with E-state index in [1.807, 2.05) is 13.0 Å². The largest absolute Gasteiger partial charge is 0.480 e. The van der Waals surface area contributed by atoms with E-state index in [0.29, 0.717) is 0 Å². The second-order valence-electron chi connectivity index (χ2n) is 4.16. The van der Waals surface area contributed by atoms with Crippen molar-refractivity contribution in [3.8, 4) is 0 Å². The summed E-state index contributed by atoms with van der Waals surface area (Å²) >= 11 is 2.87. The molecule has 0 aliphatic carbocycles. The van der Waals surface area contributed by atoms with Crippen LogP contribution >= 0.6 is 23.1 Å². The molecule has 0 aliphatic heterocycles.